The summed E-state index contributed by atoms with van der Waals surface area (Å²) in [5, 5.41) is 12.3. The highest BCUT2D eigenvalue weighted by Gasteiger charge is 2.30. The standard InChI is InChI=1S/C24H37N5O2S2/c1-8-29(13-20(30)25-15(2)3)21(31)14-32-23-27-26-22(28(23)7)19-12-16-11-17(24(4,5)6)9-10-18(16)33-19/h12,15,17H,8-11,13-14H2,1-7H3,(H,25,30)/t17-/m1/s1. The van der Waals surface area contributed by atoms with Crippen LogP contribution in [0.25, 0.3) is 10.7 Å². The molecule has 9 heteroatoms. The highest BCUT2D eigenvalue weighted by Crippen LogP contribution is 2.42. The molecule has 2 amide bonds. The number of thiophene rings is 1. The summed E-state index contributed by atoms with van der Waals surface area (Å²) in [4.78, 5) is 28.9. The van der Waals surface area contributed by atoms with Gasteiger partial charge in [0.2, 0.25) is 11.8 Å². The molecule has 2 aromatic heterocycles. The van der Waals surface area contributed by atoms with Crippen LogP contribution in [0.4, 0.5) is 0 Å². The van der Waals surface area contributed by atoms with Crippen LogP contribution in [0.5, 0.6) is 0 Å². The maximum Gasteiger partial charge on any atom is 0.239 e. The second-order valence-corrected chi connectivity index (χ2v) is 12.2. The van der Waals surface area contributed by atoms with E-state index in [-0.39, 0.29) is 30.2 Å². The van der Waals surface area contributed by atoms with Crippen molar-refractivity contribution in [1.82, 2.24) is 25.0 Å². The Bertz CT molecular complexity index is 990. The molecular weight excluding hydrogens is 454 g/mol. The molecular formula is C24H37N5O2S2. The highest BCUT2D eigenvalue weighted by molar-refractivity contribution is 7.99. The number of hydrogen-bond donors (Lipinski definition) is 1. The van der Waals surface area contributed by atoms with Crippen LogP contribution in [-0.4, -0.2) is 56.4 Å². The van der Waals surface area contributed by atoms with Gasteiger partial charge >= 0.3 is 0 Å². The molecule has 7 nitrogen and oxygen atoms in total. The predicted octanol–water partition coefficient (Wildman–Crippen LogP) is 4.16. The van der Waals surface area contributed by atoms with Crippen molar-refractivity contribution in [1.29, 1.82) is 0 Å². The molecule has 0 aliphatic heterocycles. The molecule has 0 bridgehead atoms. The van der Waals surface area contributed by atoms with Crippen LogP contribution in [0.3, 0.4) is 0 Å². The van der Waals surface area contributed by atoms with Gasteiger partial charge in [-0.05, 0) is 63.0 Å². The second-order valence-electron chi connectivity index (χ2n) is 10.1. The zero-order valence-electron chi connectivity index (χ0n) is 20.9. The Balaban J connectivity index is 1.64. The zero-order chi connectivity index (χ0) is 24.3. The molecule has 2 heterocycles. The van der Waals surface area contributed by atoms with Gasteiger partial charge < -0.3 is 14.8 Å². The fraction of sp³-hybridized carbons (Fsp3) is 0.667. The van der Waals surface area contributed by atoms with Crippen LogP contribution in [0, 0.1) is 11.3 Å². The number of aromatic nitrogens is 3. The number of likely N-dealkylation sites (N-methyl/N-ethyl adjacent to an activating group) is 1. The lowest BCUT2D eigenvalue weighted by molar-refractivity contribution is -0.134. The Labute approximate surface area is 205 Å². The Morgan fingerprint density at radius 3 is 2.70 bits per heavy atom. The molecule has 0 unspecified atom stereocenters. The summed E-state index contributed by atoms with van der Waals surface area (Å²) in [5.41, 5.74) is 1.77. The Hall–Kier alpha value is -1.87. The van der Waals surface area contributed by atoms with Gasteiger partial charge in [0.15, 0.2) is 11.0 Å². The first-order valence-corrected chi connectivity index (χ1v) is 13.5. The van der Waals surface area contributed by atoms with Crippen molar-refractivity contribution in [3.63, 3.8) is 0 Å². The number of thioether (sulfide) groups is 1. The molecule has 0 spiro atoms. The van der Waals surface area contributed by atoms with E-state index in [2.05, 4.69) is 42.4 Å². The SMILES string of the molecule is CCN(CC(=O)NC(C)C)C(=O)CSc1nnc(-c2cc3c(s2)CC[C@@H](C(C)(C)C)C3)n1C. The third kappa shape index (κ3) is 6.38. The summed E-state index contributed by atoms with van der Waals surface area (Å²) in [5.74, 6) is 1.56. The number of hydrogen-bond acceptors (Lipinski definition) is 6. The molecule has 0 saturated heterocycles. The number of amides is 2. The van der Waals surface area contributed by atoms with Gasteiger partial charge in [-0.1, -0.05) is 32.5 Å². The average molecular weight is 492 g/mol. The first kappa shape index (κ1) is 25.7. The van der Waals surface area contributed by atoms with Crippen molar-refractivity contribution in [2.75, 3.05) is 18.8 Å². The van der Waals surface area contributed by atoms with E-state index < -0.39 is 0 Å². The van der Waals surface area contributed by atoms with Crippen LogP contribution in [0.1, 0.15) is 58.4 Å². The molecule has 0 saturated carbocycles. The molecule has 1 aliphatic carbocycles. The Kier molecular flexibility index (Phi) is 8.26. The van der Waals surface area contributed by atoms with Gasteiger partial charge in [0, 0.05) is 24.5 Å². The molecule has 182 valence electrons. The van der Waals surface area contributed by atoms with E-state index in [9.17, 15) is 9.59 Å². The molecule has 0 fully saturated rings. The van der Waals surface area contributed by atoms with Crippen molar-refractivity contribution in [2.45, 2.75) is 72.0 Å². The van der Waals surface area contributed by atoms with Crippen LogP contribution >= 0.6 is 23.1 Å². The predicted molar refractivity (Wildman–Crippen MR) is 136 cm³/mol. The number of carbonyl (C=O) groups excluding carboxylic acids is 2. The number of nitrogens with zero attached hydrogens (tertiary/aromatic N) is 4. The van der Waals surface area contributed by atoms with Crippen LogP contribution in [-0.2, 0) is 29.5 Å². The number of aryl methyl sites for hydroxylation is 1. The maximum absolute atomic E-state index is 12.7. The van der Waals surface area contributed by atoms with E-state index in [1.54, 1.807) is 4.90 Å². The van der Waals surface area contributed by atoms with E-state index in [1.807, 2.05) is 43.7 Å². The first-order valence-electron chi connectivity index (χ1n) is 11.7. The molecule has 33 heavy (non-hydrogen) atoms. The summed E-state index contributed by atoms with van der Waals surface area (Å²) in [6.07, 6.45) is 3.50. The summed E-state index contributed by atoms with van der Waals surface area (Å²) in [7, 11) is 1.95. The van der Waals surface area contributed by atoms with Gasteiger partial charge in [-0.3, -0.25) is 9.59 Å². The fourth-order valence-corrected chi connectivity index (χ4v) is 6.21. The van der Waals surface area contributed by atoms with Gasteiger partial charge in [0.05, 0.1) is 17.2 Å². The molecule has 1 atom stereocenters. The Morgan fingerprint density at radius 1 is 1.33 bits per heavy atom. The average Bonchev–Trinajstić information content (AvgIpc) is 3.31. The van der Waals surface area contributed by atoms with Gasteiger partial charge in [-0.2, -0.15) is 0 Å². The van der Waals surface area contributed by atoms with Gasteiger partial charge in [0.25, 0.3) is 0 Å². The molecule has 2 aromatic rings. The minimum Gasteiger partial charge on any atom is -0.352 e. The molecule has 3 rings (SSSR count). The monoisotopic (exact) mass is 491 g/mol. The highest BCUT2D eigenvalue weighted by atomic mass is 32.2. The van der Waals surface area contributed by atoms with Gasteiger partial charge in [-0.25, -0.2) is 0 Å². The topological polar surface area (TPSA) is 80.1 Å². The summed E-state index contributed by atoms with van der Waals surface area (Å²) >= 11 is 3.19. The minimum atomic E-state index is -0.137. The lowest BCUT2D eigenvalue weighted by atomic mass is 9.72. The second kappa shape index (κ2) is 10.6. The van der Waals surface area contributed by atoms with Crippen LogP contribution in [0.2, 0.25) is 0 Å². The van der Waals surface area contributed by atoms with E-state index in [0.717, 1.165) is 23.5 Å². The zero-order valence-corrected chi connectivity index (χ0v) is 22.5. The third-order valence-electron chi connectivity index (χ3n) is 6.21. The lowest BCUT2D eigenvalue weighted by Gasteiger charge is -2.33. The molecule has 0 radical (unpaired) electrons. The van der Waals surface area contributed by atoms with Crippen molar-refractivity contribution in [3.8, 4) is 10.7 Å². The van der Waals surface area contributed by atoms with Gasteiger partial charge in [0.1, 0.15) is 0 Å². The number of nitrogens with one attached hydrogen (secondary N) is 1. The van der Waals surface area contributed by atoms with E-state index in [4.69, 9.17) is 0 Å². The molecule has 1 aliphatic rings. The van der Waals surface area contributed by atoms with E-state index in [0.29, 0.717) is 23.0 Å². The van der Waals surface area contributed by atoms with Crippen LogP contribution in [0.15, 0.2) is 11.2 Å². The minimum absolute atomic E-state index is 0.0556. The number of carbonyl (C=O) groups is 2. The van der Waals surface area contributed by atoms with Crippen molar-refractivity contribution in [3.05, 3.63) is 16.5 Å². The molecule has 0 aromatic carbocycles. The fourth-order valence-electron chi connectivity index (χ4n) is 4.16. The number of fused-ring (bicyclic) bond motifs is 1. The molecule has 1 N–H and O–H groups in total. The van der Waals surface area contributed by atoms with E-state index >= 15 is 0 Å². The lowest BCUT2D eigenvalue weighted by Crippen LogP contribution is -2.43. The maximum atomic E-state index is 12.7. The normalized spacial score (nSPS) is 16.1. The third-order valence-corrected chi connectivity index (χ3v) is 8.44. The smallest absolute Gasteiger partial charge is 0.239 e. The quantitative estimate of drug-likeness (QED) is 0.561. The first-order chi connectivity index (χ1) is 15.5. The summed E-state index contributed by atoms with van der Waals surface area (Å²) < 4.78 is 1.97. The van der Waals surface area contributed by atoms with Crippen LogP contribution < -0.4 is 5.32 Å². The van der Waals surface area contributed by atoms with E-state index in [1.165, 1.54) is 28.6 Å². The van der Waals surface area contributed by atoms with Crippen molar-refractivity contribution < 1.29 is 9.59 Å². The number of rotatable bonds is 8. The largest absolute Gasteiger partial charge is 0.352 e. The van der Waals surface area contributed by atoms with Crippen molar-refractivity contribution >= 4 is 34.9 Å². The Morgan fingerprint density at radius 2 is 2.06 bits per heavy atom. The summed E-state index contributed by atoms with van der Waals surface area (Å²) in [6, 6.07) is 2.34. The summed E-state index contributed by atoms with van der Waals surface area (Å²) in [6.45, 7) is 13.3. The van der Waals surface area contributed by atoms with Crippen molar-refractivity contribution in [2.24, 2.45) is 18.4 Å². The van der Waals surface area contributed by atoms with Gasteiger partial charge in [-0.15, -0.1) is 21.5 Å².